The minimum atomic E-state index is -0.202. The molecular weight excluding hydrogens is 280 g/mol. The second-order valence-electron chi connectivity index (χ2n) is 5.14. The van der Waals surface area contributed by atoms with Gasteiger partial charge in [-0.15, -0.1) is 0 Å². The highest BCUT2D eigenvalue weighted by Gasteiger charge is 2.07. The summed E-state index contributed by atoms with van der Waals surface area (Å²) >= 11 is 0. The first-order valence-corrected chi connectivity index (χ1v) is 6.95. The number of carbonyl (C=O) groups is 1. The molecule has 0 aliphatic heterocycles. The van der Waals surface area contributed by atoms with E-state index in [1.807, 2.05) is 32.0 Å². The third-order valence-corrected chi connectivity index (χ3v) is 3.33. The molecule has 1 N–H and O–H groups in total. The third kappa shape index (κ3) is 3.09. The van der Waals surface area contributed by atoms with Crippen molar-refractivity contribution in [1.82, 2.24) is 4.98 Å². The van der Waals surface area contributed by atoms with Gasteiger partial charge in [-0.25, -0.2) is 4.98 Å². The summed E-state index contributed by atoms with van der Waals surface area (Å²) in [5, 5.41) is 2.84. The van der Waals surface area contributed by atoms with Gasteiger partial charge in [0, 0.05) is 11.8 Å². The molecule has 0 fully saturated rings. The van der Waals surface area contributed by atoms with Crippen molar-refractivity contribution < 1.29 is 13.9 Å². The number of nitrogens with one attached hydrogen (secondary N) is 1. The van der Waals surface area contributed by atoms with Gasteiger partial charge in [0.05, 0.1) is 0 Å². The zero-order valence-corrected chi connectivity index (χ0v) is 12.4. The van der Waals surface area contributed by atoms with Crippen LogP contribution in [0.25, 0.3) is 11.1 Å². The third-order valence-electron chi connectivity index (χ3n) is 3.33. The summed E-state index contributed by atoms with van der Waals surface area (Å²) in [7, 11) is 0. The Bertz CT molecular complexity index is 824. The zero-order valence-electron chi connectivity index (χ0n) is 12.4. The Hall–Kier alpha value is -2.82. The van der Waals surface area contributed by atoms with Gasteiger partial charge in [-0.05, 0) is 37.6 Å². The van der Waals surface area contributed by atoms with Gasteiger partial charge in [0.15, 0.2) is 18.6 Å². The fourth-order valence-corrected chi connectivity index (χ4v) is 2.22. The molecule has 0 radical (unpaired) electrons. The summed E-state index contributed by atoms with van der Waals surface area (Å²) in [6, 6.07) is 11.1. The highest BCUT2D eigenvalue weighted by molar-refractivity contribution is 5.92. The summed E-state index contributed by atoms with van der Waals surface area (Å²) in [6.45, 7) is 3.92. The number of oxazole rings is 1. The highest BCUT2D eigenvalue weighted by Crippen LogP contribution is 2.20. The molecule has 0 bridgehead atoms. The lowest BCUT2D eigenvalue weighted by molar-refractivity contribution is -0.118. The average Bonchev–Trinajstić information content (AvgIpc) is 2.95. The van der Waals surface area contributed by atoms with Crippen molar-refractivity contribution in [3.05, 3.63) is 53.9 Å². The van der Waals surface area contributed by atoms with E-state index in [0.29, 0.717) is 16.8 Å². The molecule has 5 heteroatoms. The number of benzene rings is 2. The molecular formula is C17H16N2O3. The van der Waals surface area contributed by atoms with Crippen molar-refractivity contribution in [2.24, 2.45) is 0 Å². The second kappa shape index (κ2) is 5.89. The van der Waals surface area contributed by atoms with Gasteiger partial charge >= 0.3 is 0 Å². The predicted molar refractivity (Wildman–Crippen MR) is 84.0 cm³/mol. The van der Waals surface area contributed by atoms with Gasteiger partial charge in [0.25, 0.3) is 5.91 Å². The molecule has 0 unspecified atom stereocenters. The Balaban J connectivity index is 1.62. The van der Waals surface area contributed by atoms with Crippen LogP contribution in [0.4, 0.5) is 5.69 Å². The molecule has 0 saturated carbocycles. The van der Waals surface area contributed by atoms with Gasteiger partial charge in [0.1, 0.15) is 11.3 Å². The highest BCUT2D eigenvalue weighted by atomic mass is 16.5. The number of anilines is 1. The van der Waals surface area contributed by atoms with E-state index in [0.717, 1.165) is 16.8 Å². The minimum Gasteiger partial charge on any atom is -0.484 e. The molecule has 5 nitrogen and oxygen atoms in total. The lowest BCUT2D eigenvalue weighted by Crippen LogP contribution is -2.20. The lowest BCUT2D eigenvalue weighted by Gasteiger charge is -2.10. The van der Waals surface area contributed by atoms with Crippen LogP contribution in [-0.4, -0.2) is 17.5 Å². The Morgan fingerprint density at radius 1 is 1.23 bits per heavy atom. The smallest absolute Gasteiger partial charge is 0.262 e. The molecule has 3 aromatic rings. The number of aromatic nitrogens is 1. The standard InChI is InChI=1S/C17H16N2O3/c1-11-3-5-14(12(2)7-11)19-17(20)9-21-13-4-6-16-15(8-13)18-10-22-16/h3-8,10H,9H2,1-2H3,(H,19,20). The Morgan fingerprint density at radius 3 is 2.91 bits per heavy atom. The van der Waals surface area contributed by atoms with E-state index >= 15 is 0 Å². The van der Waals surface area contributed by atoms with E-state index in [1.165, 1.54) is 6.39 Å². The van der Waals surface area contributed by atoms with Crippen molar-refractivity contribution in [1.29, 1.82) is 0 Å². The number of ether oxygens (including phenoxy) is 1. The summed E-state index contributed by atoms with van der Waals surface area (Å²) in [5.74, 6) is 0.379. The van der Waals surface area contributed by atoms with Gasteiger partial charge in [0.2, 0.25) is 0 Å². The van der Waals surface area contributed by atoms with Crippen LogP contribution in [0, 0.1) is 13.8 Å². The summed E-state index contributed by atoms with van der Waals surface area (Å²) in [6.07, 6.45) is 1.38. The summed E-state index contributed by atoms with van der Waals surface area (Å²) in [4.78, 5) is 16.0. The first kappa shape index (κ1) is 14.1. The fourth-order valence-electron chi connectivity index (χ4n) is 2.22. The van der Waals surface area contributed by atoms with Crippen molar-refractivity contribution in [3.63, 3.8) is 0 Å². The largest absolute Gasteiger partial charge is 0.484 e. The van der Waals surface area contributed by atoms with E-state index < -0.39 is 0 Å². The average molecular weight is 296 g/mol. The van der Waals surface area contributed by atoms with E-state index in [1.54, 1.807) is 18.2 Å². The monoisotopic (exact) mass is 296 g/mol. The van der Waals surface area contributed by atoms with E-state index in [2.05, 4.69) is 10.3 Å². The van der Waals surface area contributed by atoms with Crippen LogP contribution in [0.1, 0.15) is 11.1 Å². The number of hydrogen-bond donors (Lipinski definition) is 1. The second-order valence-corrected chi connectivity index (χ2v) is 5.14. The molecule has 1 aromatic heterocycles. The summed E-state index contributed by atoms with van der Waals surface area (Å²) < 4.78 is 10.6. The van der Waals surface area contributed by atoms with Crippen molar-refractivity contribution in [2.75, 3.05) is 11.9 Å². The van der Waals surface area contributed by atoms with Crippen LogP contribution in [0.15, 0.2) is 47.2 Å². The number of nitrogens with zero attached hydrogens (tertiary/aromatic N) is 1. The van der Waals surface area contributed by atoms with Crippen LogP contribution in [0.3, 0.4) is 0 Å². The SMILES string of the molecule is Cc1ccc(NC(=O)COc2ccc3ocnc3c2)c(C)c1. The maximum Gasteiger partial charge on any atom is 0.262 e. The number of fused-ring (bicyclic) bond motifs is 1. The van der Waals surface area contributed by atoms with Gasteiger partial charge in [-0.1, -0.05) is 17.7 Å². The number of rotatable bonds is 4. The molecule has 22 heavy (non-hydrogen) atoms. The molecule has 0 aliphatic rings. The van der Waals surface area contributed by atoms with Gasteiger partial charge < -0.3 is 14.5 Å². The van der Waals surface area contributed by atoms with E-state index in [9.17, 15) is 4.79 Å². The molecule has 1 heterocycles. The zero-order chi connectivity index (χ0) is 15.5. The molecule has 3 rings (SSSR count). The fraction of sp³-hybridized carbons (Fsp3) is 0.176. The molecule has 0 spiro atoms. The van der Waals surface area contributed by atoms with Crippen molar-refractivity contribution in [3.8, 4) is 5.75 Å². The van der Waals surface area contributed by atoms with E-state index in [4.69, 9.17) is 9.15 Å². The topological polar surface area (TPSA) is 64.4 Å². The molecule has 2 aromatic carbocycles. The number of amides is 1. The number of hydrogen-bond acceptors (Lipinski definition) is 4. The molecule has 0 saturated heterocycles. The molecule has 0 aliphatic carbocycles. The maximum absolute atomic E-state index is 12.0. The Morgan fingerprint density at radius 2 is 2.09 bits per heavy atom. The van der Waals surface area contributed by atoms with Crippen molar-refractivity contribution >= 4 is 22.7 Å². The number of carbonyl (C=O) groups excluding carboxylic acids is 1. The first-order valence-electron chi connectivity index (χ1n) is 6.95. The van der Waals surface area contributed by atoms with Crippen LogP contribution >= 0.6 is 0 Å². The van der Waals surface area contributed by atoms with Gasteiger partial charge in [-0.2, -0.15) is 0 Å². The van der Waals surface area contributed by atoms with Crippen LogP contribution in [-0.2, 0) is 4.79 Å². The summed E-state index contributed by atoms with van der Waals surface area (Å²) in [5.41, 5.74) is 4.37. The molecule has 1 amide bonds. The maximum atomic E-state index is 12.0. The van der Waals surface area contributed by atoms with Crippen LogP contribution in [0.2, 0.25) is 0 Å². The minimum absolute atomic E-state index is 0.0589. The van der Waals surface area contributed by atoms with Gasteiger partial charge in [-0.3, -0.25) is 4.79 Å². The first-order chi connectivity index (χ1) is 10.6. The van der Waals surface area contributed by atoms with E-state index in [-0.39, 0.29) is 12.5 Å². The molecule has 112 valence electrons. The normalized spacial score (nSPS) is 10.6. The van der Waals surface area contributed by atoms with Crippen LogP contribution < -0.4 is 10.1 Å². The lowest BCUT2D eigenvalue weighted by atomic mass is 10.1. The number of aryl methyl sites for hydroxylation is 2. The van der Waals surface area contributed by atoms with Crippen molar-refractivity contribution in [2.45, 2.75) is 13.8 Å². The Labute approximate surface area is 127 Å². The van der Waals surface area contributed by atoms with Crippen LogP contribution in [0.5, 0.6) is 5.75 Å². The molecule has 0 atom stereocenters. The quantitative estimate of drug-likeness (QED) is 0.800. The Kier molecular flexibility index (Phi) is 3.78. The predicted octanol–water partition coefficient (Wildman–Crippen LogP) is 3.46.